The Balaban J connectivity index is 4.49. The molecule has 4 nitrogen and oxygen atoms in total. The topological polar surface area (TPSA) is 49.8 Å². The van der Waals surface area contributed by atoms with Crippen molar-refractivity contribution in [1.29, 1.82) is 0 Å². The largest absolute Gasteiger partial charge is 0.468 e. The number of aliphatic hydroxyl groups is 1. The number of carbonyl (C=O) groups is 1. The highest BCUT2D eigenvalue weighted by atomic mass is 16.5. The number of esters is 1. The minimum absolute atomic E-state index is 0.212. The Morgan fingerprint density at radius 2 is 1.88 bits per heavy atom. The number of rotatable bonds is 7. The van der Waals surface area contributed by atoms with Crippen molar-refractivity contribution < 1.29 is 14.6 Å². The first-order valence-corrected chi connectivity index (χ1v) is 5.91. The summed E-state index contributed by atoms with van der Waals surface area (Å²) in [5.74, 6) is -0.261. The molecule has 0 amide bonds. The van der Waals surface area contributed by atoms with E-state index in [1.807, 2.05) is 32.6 Å². The highest BCUT2D eigenvalue weighted by Gasteiger charge is 2.27. The van der Waals surface area contributed by atoms with E-state index in [0.29, 0.717) is 19.4 Å². The summed E-state index contributed by atoms with van der Waals surface area (Å²) in [4.78, 5) is 13.2. The molecule has 0 atom stereocenters. The molecule has 1 N–H and O–H groups in total. The van der Waals surface area contributed by atoms with Gasteiger partial charge in [-0.3, -0.25) is 9.69 Å². The maximum Gasteiger partial charge on any atom is 0.319 e. The first-order chi connectivity index (χ1) is 7.38. The van der Waals surface area contributed by atoms with Gasteiger partial charge in [-0.25, -0.2) is 0 Å². The molecule has 16 heavy (non-hydrogen) atoms. The van der Waals surface area contributed by atoms with Crippen molar-refractivity contribution in [3.63, 3.8) is 0 Å². The molecule has 0 aromatic heterocycles. The summed E-state index contributed by atoms with van der Waals surface area (Å²) in [7, 11) is 1.38. The zero-order chi connectivity index (χ0) is 12.8. The molecule has 0 rings (SSSR count). The van der Waals surface area contributed by atoms with Gasteiger partial charge in [0.1, 0.15) is 0 Å². The molecule has 0 aromatic rings. The van der Waals surface area contributed by atoms with Crippen LogP contribution in [-0.4, -0.2) is 47.8 Å². The van der Waals surface area contributed by atoms with Gasteiger partial charge in [0.15, 0.2) is 0 Å². The lowest BCUT2D eigenvalue weighted by Gasteiger charge is -2.34. The molecule has 4 heteroatoms. The minimum atomic E-state index is -0.710. The van der Waals surface area contributed by atoms with Crippen LogP contribution in [0.15, 0.2) is 0 Å². The molecule has 0 aliphatic heterocycles. The molecular formula is C12H25NO3. The monoisotopic (exact) mass is 231 g/mol. The van der Waals surface area contributed by atoms with Crippen molar-refractivity contribution in [2.24, 2.45) is 0 Å². The van der Waals surface area contributed by atoms with Crippen LogP contribution in [0, 0.1) is 0 Å². The number of ether oxygens (including phenoxy) is 1. The quantitative estimate of drug-likeness (QED) is 0.673. The van der Waals surface area contributed by atoms with Gasteiger partial charge in [0, 0.05) is 12.6 Å². The predicted molar refractivity (Wildman–Crippen MR) is 64.3 cm³/mol. The number of carbonyl (C=O) groups excluding carboxylic acids is 1. The molecule has 0 bridgehead atoms. The van der Waals surface area contributed by atoms with Gasteiger partial charge in [-0.1, -0.05) is 13.8 Å². The van der Waals surface area contributed by atoms with Crippen molar-refractivity contribution in [3.05, 3.63) is 0 Å². The van der Waals surface area contributed by atoms with Gasteiger partial charge in [0.2, 0.25) is 0 Å². The van der Waals surface area contributed by atoms with Crippen LogP contribution in [0.4, 0.5) is 0 Å². The van der Waals surface area contributed by atoms with Crippen LogP contribution < -0.4 is 0 Å². The number of hydrogen-bond donors (Lipinski definition) is 1. The Bertz CT molecular complexity index is 212. The summed E-state index contributed by atoms with van der Waals surface area (Å²) >= 11 is 0. The molecule has 0 radical (unpaired) electrons. The first-order valence-electron chi connectivity index (χ1n) is 5.91. The molecular weight excluding hydrogens is 206 g/mol. The molecule has 0 aliphatic carbocycles. The van der Waals surface area contributed by atoms with E-state index in [2.05, 4.69) is 4.74 Å². The van der Waals surface area contributed by atoms with Gasteiger partial charge in [0.05, 0.1) is 19.3 Å². The molecule has 0 saturated heterocycles. The van der Waals surface area contributed by atoms with E-state index in [9.17, 15) is 9.90 Å². The van der Waals surface area contributed by atoms with Gasteiger partial charge < -0.3 is 9.84 Å². The predicted octanol–water partition coefficient (Wildman–Crippen LogP) is 1.42. The average Bonchev–Trinajstić information content (AvgIpc) is 2.27. The maximum atomic E-state index is 11.2. The highest BCUT2D eigenvalue weighted by Crippen LogP contribution is 2.17. The van der Waals surface area contributed by atoms with Crippen LogP contribution in [0.2, 0.25) is 0 Å². The van der Waals surface area contributed by atoms with E-state index in [0.717, 1.165) is 0 Å². The second kappa shape index (κ2) is 6.86. The van der Waals surface area contributed by atoms with Crippen LogP contribution in [-0.2, 0) is 9.53 Å². The molecule has 0 unspecified atom stereocenters. The van der Waals surface area contributed by atoms with Crippen molar-refractivity contribution >= 4 is 5.97 Å². The second-order valence-corrected chi connectivity index (χ2v) is 4.51. The van der Waals surface area contributed by atoms with E-state index in [4.69, 9.17) is 0 Å². The smallest absolute Gasteiger partial charge is 0.319 e. The van der Waals surface area contributed by atoms with Crippen LogP contribution >= 0.6 is 0 Å². The third-order valence-corrected chi connectivity index (χ3v) is 3.10. The minimum Gasteiger partial charge on any atom is -0.468 e. The van der Waals surface area contributed by atoms with Crippen molar-refractivity contribution in [2.45, 2.75) is 52.2 Å². The fraction of sp³-hybridized carbons (Fsp3) is 0.917. The lowest BCUT2D eigenvalue weighted by atomic mass is 9.96. The molecule has 0 aromatic carbocycles. The molecule has 0 saturated carbocycles. The molecule has 0 spiro atoms. The van der Waals surface area contributed by atoms with E-state index in [-0.39, 0.29) is 18.6 Å². The Morgan fingerprint density at radius 3 is 2.19 bits per heavy atom. The Morgan fingerprint density at radius 1 is 1.38 bits per heavy atom. The Kier molecular flexibility index (Phi) is 6.60. The van der Waals surface area contributed by atoms with E-state index in [1.165, 1.54) is 7.11 Å². The van der Waals surface area contributed by atoms with Crippen LogP contribution in [0.5, 0.6) is 0 Å². The van der Waals surface area contributed by atoms with Crippen molar-refractivity contribution in [3.8, 4) is 0 Å². The number of hydrogen-bond acceptors (Lipinski definition) is 4. The SMILES string of the molecule is CCC(O)(CC)CN(CC(=O)OC)C(C)C. The Hall–Kier alpha value is -0.610. The summed E-state index contributed by atoms with van der Waals surface area (Å²) in [5, 5.41) is 10.2. The maximum absolute atomic E-state index is 11.2. The van der Waals surface area contributed by atoms with Crippen LogP contribution in [0.1, 0.15) is 40.5 Å². The van der Waals surface area contributed by atoms with Gasteiger partial charge >= 0.3 is 5.97 Å². The summed E-state index contributed by atoms with van der Waals surface area (Å²) < 4.78 is 4.65. The number of methoxy groups -OCH3 is 1. The van der Waals surface area contributed by atoms with Gasteiger partial charge in [-0.2, -0.15) is 0 Å². The Labute approximate surface area is 98.6 Å². The third-order valence-electron chi connectivity index (χ3n) is 3.10. The van der Waals surface area contributed by atoms with Crippen molar-refractivity contribution in [1.82, 2.24) is 4.90 Å². The first kappa shape index (κ1) is 15.4. The zero-order valence-corrected chi connectivity index (χ0v) is 11.1. The molecule has 0 aliphatic rings. The third kappa shape index (κ3) is 4.94. The van der Waals surface area contributed by atoms with Crippen LogP contribution in [0.25, 0.3) is 0 Å². The molecule has 0 heterocycles. The standard InChI is InChI=1S/C12H25NO3/c1-6-12(15,7-2)9-13(10(3)4)8-11(14)16-5/h10,15H,6-9H2,1-5H3. The van der Waals surface area contributed by atoms with Gasteiger partial charge in [-0.15, -0.1) is 0 Å². The lowest BCUT2D eigenvalue weighted by molar-refractivity contribution is -0.143. The normalized spacial score (nSPS) is 12.2. The lowest BCUT2D eigenvalue weighted by Crippen LogP contribution is -2.47. The van der Waals surface area contributed by atoms with Gasteiger partial charge in [0.25, 0.3) is 0 Å². The summed E-state index contributed by atoms with van der Waals surface area (Å²) in [6, 6.07) is 0.212. The van der Waals surface area contributed by atoms with Crippen molar-refractivity contribution in [2.75, 3.05) is 20.2 Å². The highest BCUT2D eigenvalue weighted by molar-refractivity contribution is 5.71. The molecule has 96 valence electrons. The average molecular weight is 231 g/mol. The summed E-state index contributed by atoms with van der Waals surface area (Å²) in [6.45, 7) is 8.67. The van der Waals surface area contributed by atoms with E-state index >= 15 is 0 Å². The van der Waals surface area contributed by atoms with E-state index < -0.39 is 5.60 Å². The summed E-state index contributed by atoms with van der Waals surface area (Å²) in [5.41, 5.74) is -0.710. The summed E-state index contributed by atoms with van der Waals surface area (Å²) in [6.07, 6.45) is 1.38. The second-order valence-electron chi connectivity index (χ2n) is 4.51. The van der Waals surface area contributed by atoms with Crippen LogP contribution in [0.3, 0.4) is 0 Å². The van der Waals surface area contributed by atoms with E-state index in [1.54, 1.807) is 0 Å². The zero-order valence-electron chi connectivity index (χ0n) is 11.1. The fourth-order valence-electron chi connectivity index (χ4n) is 1.50. The van der Waals surface area contributed by atoms with Gasteiger partial charge in [-0.05, 0) is 26.7 Å². The molecule has 0 fully saturated rings. The fourth-order valence-corrected chi connectivity index (χ4v) is 1.50. The number of nitrogens with zero attached hydrogens (tertiary/aromatic N) is 1.